The molecule has 1 unspecified atom stereocenters. The largest absolute Gasteiger partial charge is 0.493 e. The first-order valence-electron chi connectivity index (χ1n) is 11.6. The maximum atomic E-state index is 6.70. The number of rotatable bonds is 6. The van der Waals surface area contributed by atoms with Crippen LogP contribution in [0.15, 0.2) is 24.3 Å². The second-order valence-electron chi connectivity index (χ2n) is 8.80. The number of hydrogen-bond donors (Lipinski definition) is 0. The molecule has 182 valence electrons. The van der Waals surface area contributed by atoms with Crippen molar-refractivity contribution in [3.05, 3.63) is 46.5 Å². The van der Waals surface area contributed by atoms with Gasteiger partial charge in [0.25, 0.3) is 0 Å². The summed E-state index contributed by atoms with van der Waals surface area (Å²) in [5.74, 6) is 2.78. The van der Waals surface area contributed by atoms with Crippen molar-refractivity contribution in [3.8, 4) is 23.0 Å². The number of nitrogens with zero attached hydrogens (tertiary/aromatic N) is 1. The minimum absolute atomic E-state index is 0.237. The molecular formula is C26H28Cl3NO4. The SMILES string of the molecule is CCCCCC1=C2c3cc4c(cc3CCN2C(C(Cl)(Cl)Cl)c2c1ccc(OC)c2OC)OCO4. The van der Waals surface area contributed by atoms with Crippen LogP contribution in [0.3, 0.4) is 0 Å². The molecule has 2 aromatic carbocycles. The summed E-state index contributed by atoms with van der Waals surface area (Å²) in [5.41, 5.74) is 6.57. The molecule has 2 aromatic rings. The molecule has 5 nitrogen and oxygen atoms in total. The lowest BCUT2D eigenvalue weighted by Crippen LogP contribution is -2.42. The average molecular weight is 525 g/mol. The van der Waals surface area contributed by atoms with Crippen LogP contribution in [0, 0.1) is 0 Å². The van der Waals surface area contributed by atoms with Crippen LogP contribution < -0.4 is 18.9 Å². The molecule has 0 saturated heterocycles. The number of allylic oxidation sites excluding steroid dienone is 1. The van der Waals surface area contributed by atoms with Gasteiger partial charge in [-0.3, -0.25) is 0 Å². The van der Waals surface area contributed by atoms with E-state index in [2.05, 4.69) is 30.0 Å². The maximum Gasteiger partial charge on any atom is 0.231 e. The second-order valence-corrected chi connectivity index (χ2v) is 11.2. The van der Waals surface area contributed by atoms with E-state index in [0.29, 0.717) is 18.0 Å². The van der Waals surface area contributed by atoms with E-state index in [1.165, 1.54) is 11.1 Å². The molecule has 0 amide bonds. The van der Waals surface area contributed by atoms with E-state index in [4.69, 9.17) is 53.8 Å². The number of unbranched alkanes of at least 4 members (excludes halogenated alkanes) is 2. The first kappa shape index (κ1) is 23.8. The van der Waals surface area contributed by atoms with E-state index in [0.717, 1.165) is 66.0 Å². The quantitative estimate of drug-likeness (QED) is 0.296. The molecule has 34 heavy (non-hydrogen) atoms. The van der Waals surface area contributed by atoms with Crippen LogP contribution in [-0.2, 0) is 6.42 Å². The third-order valence-corrected chi connectivity index (χ3v) is 7.50. The monoisotopic (exact) mass is 523 g/mol. The van der Waals surface area contributed by atoms with E-state index in [-0.39, 0.29) is 6.79 Å². The van der Waals surface area contributed by atoms with Gasteiger partial charge in [0.2, 0.25) is 10.6 Å². The van der Waals surface area contributed by atoms with Gasteiger partial charge in [0.1, 0.15) is 6.04 Å². The molecule has 1 atom stereocenters. The molecule has 5 rings (SSSR count). The minimum Gasteiger partial charge on any atom is -0.493 e. The predicted molar refractivity (Wildman–Crippen MR) is 137 cm³/mol. The van der Waals surface area contributed by atoms with Gasteiger partial charge in [-0.15, -0.1) is 0 Å². The lowest BCUT2D eigenvalue weighted by atomic mass is 9.80. The van der Waals surface area contributed by atoms with Crippen molar-refractivity contribution in [1.29, 1.82) is 0 Å². The number of alkyl halides is 3. The number of fused-ring (bicyclic) bond motifs is 5. The smallest absolute Gasteiger partial charge is 0.231 e. The number of benzene rings is 2. The Morgan fingerprint density at radius 2 is 1.79 bits per heavy atom. The average Bonchev–Trinajstić information content (AvgIpc) is 3.27. The summed E-state index contributed by atoms with van der Waals surface area (Å²) >= 11 is 20.1. The molecule has 3 aliphatic heterocycles. The minimum atomic E-state index is -1.59. The summed E-state index contributed by atoms with van der Waals surface area (Å²) in [5, 5.41) is 0. The molecule has 0 bridgehead atoms. The summed E-state index contributed by atoms with van der Waals surface area (Å²) < 4.78 is 21.3. The summed E-state index contributed by atoms with van der Waals surface area (Å²) in [7, 11) is 3.26. The topological polar surface area (TPSA) is 40.2 Å². The van der Waals surface area contributed by atoms with Crippen LogP contribution in [0.5, 0.6) is 23.0 Å². The summed E-state index contributed by atoms with van der Waals surface area (Å²) in [6.07, 6.45) is 5.05. The lowest BCUT2D eigenvalue weighted by Gasteiger charge is -2.47. The molecule has 8 heteroatoms. The number of halogens is 3. The normalized spacial score (nSPS) is 18.4. The second kappa shape index (κ2) is 9.25. The van der Waals surface area contributed by atoms with Gasteiger partial charge in [0, 0.05) is 23.4 Å². The van der Waals surface area contributed by atoms with Gasteiger partial charge in [0.15, 0.2) is 23.0 Å². The van der Waals surface area contributed by atoms with Gasteiger partial charge in [-0.05, 0) is 54.2 Å². The molecule has 0 radical (unpaired) electrons. The fraction of sp³-hybridized carbons (Fsp3) is 0.462. The third-order valence-electron chi connectivity index (χ3n) is 6.88. The molecule has 0 N–H and O–H groups in total. The van der Waals surface area contributed by atoms with Crippen molar-refractivity contribution in [3.63, 3.8) is 0 Å². The molecule has 3 aliphatic rings. The van der Waals surface area contributed by atoms with E-state index in [1.54, 1.807) is 14.2 Å². The maximum absolute atomic E-state index is 6.70. The van der Waals surface area contributed by atoms with E-state index < -0.39 is 9.83 Å². The van der Waals surface area contributed by atoms with Crippen molar-refractivity contribution in [2.45, 2.75) is 48.9 Å². The van der Waals surface area contributed by atoms with Crippen molar-refractivity contribution in [2.24, 2.45) is 0 Å². The third kappa shape index (κ3) is 3.86. The number of hydrogen-bond acceptors (Lipinski definition) is 5. The Morgan fingerprint density at radius 3 is 2.47 bits per heavy atom. The number of methoxy groups -OCH3 is 2. The Hall–Kier alpha value is -1.95. The van der Waals surface area contributed by atoms with Crippen LogP contribution in [0.1, 0.15) is 60.9 Å². The standard InChI is InChI=1S/C26H28Cl3NO4/c1-4-5-6-7-17-16-8-9-19(31-2)24(32-3)22(16)25(26(27,28)29)30-11-10-15-12-20-21(34-14-33-20)13-18(15)23(17)30/h8-9,12-13,25H,4-7,10-11,14H2,1-3H3. The molecule has 0 saturated carbocycles. The zero-order valence-corrected chi connectivity index (χ0v) is 21.8. The Morgan fingerprint density at radius 1 is 1.03 bits per heavy atom. The van der Waals surface area contributed by atoms with Crippen LogP contribution in [0.2, 0.25) is 0 Å². The van der Waals surface area contributed by atoms with Crippen LogP contribution in [0.4, 0.5) is 0 Å². The van der Waals surface area contributed by atoms with Gasteiger partial charge < -0.3 is 23.8 Å². The van der Waals surface area contributed by atoms with E-state index >= 15 is 0 Å². The Bertz CT molecular complexity index is 1140. The van der Waals surface area contributed by atoms with Gasteiger partial charge in [-0.1, -0.05) is 60.6 Å². The van der Waals surface area contributed by atoms with Gasteiger partial charge >= 0.3 is 0 Å². The van der Waals surface area contributed by atoms with Crippen LogP contribution in [0.25, 0.3) is 11.3 Å². The van der Waals surface area contributed by atoms with Crippen LogP contribution in [-0.4, -0.2) is 36.2 Å². The summed E-state index contributed by atoms with van der Waals surface area (Å²) in [6.45, 7) is 3.15. The highest BCUT2D eigenvalue weighted by molar-refractivity contribution is 6.68. The first-order valence-corrected chi connectivity index (χ1v) is 12.8. The molecule has 0 aliphatic carbocycles. The highest BCUT2D eigenvalue weighted by Crippen LogP contribution is 2.59. The number of ether oxygens (including phenoxy) is 4. The van der Waals surface area contributed by atoms with Crippen molar-refractivity contribution in [1.82, 2.24) is 4.90 Å². The molecular weight excluding hydrogens is 497 g/mol. The zero-order chi connectivity index (χ0) is 24.0. The first-order chi connectivity index (χ1) is 16.4. The summed E-state index contributed by atoms with van der Waals surface area (Å²) in [4.78, 5) is 2.24. The van der Waals surface area contributed by atoms with Crippen LogP contribution >= 0.6 is 34.8 Å². The van der Waals surface area contributed by atoms with Crippen molar-refractivity contribution >= 4 is 46.1 Å². The molecule has 0 aromatic heterocycles. The molecule has 3 heterocycles. The fourth-order valence-electron chi connectivity index (χ4n) is 5.43. The van der Waals surface area contributed by atoms with Crippen molar-refractivity contribution in [2.75, 3.05) is 27.6 Å². The molecule has 0 fully saturated rings. The Labute approximate surface area is 215 Å². The van der Waals surface area contributed by atoms with E-state index in [9.17, 15) is 0 Å². The fourth-order valence-corrected chi connectivity index (χ4v) is 6.11. The van der Waals surface area contributed by atoms with Gasteiger partial charge in [-0.2, -0.15) is 0 Å². The Balaban J connectivity index is 1.81. The summed E-state index contributed by atoms with van der Waals surface area (Å²) in [6, 6.07) is 7.65. The van der Waals surface area contributed by atoms with E-state index in [1.807, 2.05) is 6.07 Å². The van der Waals surface area contributed by atoms with Gasteiger partial charge in [-0.25, -0.2) is 0 Å². The highest BCUT2D eigenvalue weighted by atomic mass is 35.6. The van der Waals surface area contributed by atoms with Gasteiger partial charge in [0.05, 0.1) is 14.2 Å². The molecule has 0 spiro atoms. The lowest BCUT2D eigenvalue weighted by molar-refractivity contribution is 0.174. The predicted octanol–water partition coefficient (Wildman–Crippen LogP) is 7.16. The Kier molecular flexibility index (Phi) is 6.47. The zero-order valence-electron chi connectivity index (χ0n) is 19.6. The highest BCUT2D eigenvalue weighted by Gasteiger charge is 2.48. The van der Waals surface area contributed by atoms with Crippen molar-refractivity contribution < 1.29 is 18.9 Å².